The van der Waals surface area contributed by atoms with Gasteiger partial charge in [-0.15, -0.1) is 0 Å². The molecule has 4 amide bonds. The molecule has 9 heteroatoms. The standard InChI is InChI=1S/C30H32BrN5O3/c1-22(23-10-4-2-5-11-23)32-27(37)20-35-21-36(24-12-6-3-7-13-24)30(28(35)38)16-18-34(19-17-30)29(39)33-26-15-9-8-14-25(26)31/h2-15,22H,16-21H2,1H3,(H,32,37)(H,33,39). The second-order valence-electron chi connectivity index (χ2n) is 10.0. The molecule has 3 aromatic rings. The van der Waals surface area contributed by atoms with Gasteiger partial charge >= 0.3 is 6.03 Å². The molecule has 2 aliphatic heterocycles. The number of urea groups is 1. The van der Waals surface area contributed by atoms with Crippen LogP contribution in [0.5, 0.6) is 0 Å². The van der Waals surface area contributed by atoms with Gasteiger partial charge in [-0.05, 0) is 65.5 Å². The molecule has 2 aliphatic rings. The number of anilines is 2. The third-order valence-corrected chi connectivity index (χ3v) is 8.28. The molecule has 2 saturated heterocycles. The average Bonchev–Trinajstić information content (AvgIpc) is 3.21. The number of likely N-dealkylation sites (tertiary alicyclic amines) is 1. The van der Waals surface area contributed by atoms with Gasteiger partial charge in [-0.1, -0.05) is 60.7 Å². The summed E-state index contributed by atoms with van der Waals surface area (Å²) in [5, 5.41) is 5.98. The molecule has 2 heterocycles. The highest BCUT2D eigenvalue weighted by Crippen LogP contribution is 2.39. The quantitative estimate of drug-likeness (QED) is 0.424. The largest absolute Gasteiger partial charge is 0.348 e. The van der Waals surface area contributed by atoms with Gasteiger partial charge in [-0.2, -0.15) is 0 Å². The third kappa shape index (κ3) is 5.63. The zero-order valence-electron chi connectivity index (χ0n) is 21.8. The maximum Gasteiger partial charge on any atom is 0.321 e. The first-order chi connectivity index (χ1) is 18.9. The number of hydrogen-bond donors (Lipinski definition) is 2. The molecular weight excluding hydrogens is 558 g/mol. The van der Waals surface area contributed by atoms with Crippen LogP contribution in [0.25, 0.3) is 0 Å². The first-order valence-electron chi connectivity index (χ1n) is 13.1. The summed E-state index contributed by atoms with van der Waals surface area (Å²) in [7, 11) is 0. The highest BCUT2D eigenvalue weighted by atomic mass is 79.9. The second kappa shape index (κ2) is 11.5. The smallest absolute Gasteiger partial charge is 0.321 e. The van der Waals surface area contributed by atoms with Gasteiger partial charge in [0.15, 0.2) is 0 Å². The lowest BCUT2D eigenvalue weighted by Crippen LogP contribution is -2.58. The van der Waals surface area contributed by atoms with Crippen LogP contribution in [0.3, 0.4) is 0 Å². The summed E-state index contributed by atoms with van der Waals surface area (Å²) in [6, 6.07) is 26.7. The topological polar surface area (TPSA) is 85.0 Å². The molecule has 1 spiro atoms. The zero-order chi connectivity index (χ0) is 27.4. The van der Waals surface area contributed by atoms with E-state index in [1.807, 2.05) is 91.9 Å². The molecule has 39 heavy (non-hydrogen) atoms. The fourth-order valence-electron chi connectivity index (χ4n) is 5.44. The van der Waals surface area contributed by atoms with Crippen LogP contribution < -0.4 is 15.5 Å². The normalized spacial score (nSPS) is 17.3. The van der Waals surface area contributed by atoms with Gasteiger partial charge in [0, 0.05) is 23.2 Å². The Kier molecular flexibility index (Phi) is 7.88. The number of benzene rings is 3. The Bertz CT molecular complexity index is 1330. The number of para-hydroxylation sites is 2. The van der Waals surface area contributed by atoms with E-state index < -0.39 is 5.54 Å². The molecule has 1 atom stereocenters. The fourth-order valence-corrected chi connectivity index (χ4v) is 5.83. The minimum absolute atomic E-state index is 0.0205. The molecule has 8 nitrogen and oxygen atoms in total. The highest BCUT2D eigenvalue weighted by molar-refractivity contribution is 9.10. The van der Waals surface area contributed by atoms with Crippen LogP contribution >= 0.6 is 15.9 Å². The van der Waals surface area contributed by atoms with Crippen LogP contribution in [0.2, 0.25) is 0 Å². The van der Waals surface area contributed by atoms with E-state index in [9.17, 15) is 14.4 Å². The van der Waals surface area contributed by atoms with Crippen molar-refractivity contribution in [1.29, 1.82) is 0 Å². The van der Waals surface area contributed by atoms with E-state index >= 15 is 0 Å². The van der Waals surface area contributed by atoms with Crippen molar-refractivity contribution in [2.24, 2.45) is 0 Å². The monoisotopic (exact) mass is 589 g/mol. The zero-order valence-corrected chi connectivity index (χ0v) is 23.4. The number of halogens is 1. The summed E-state index contributed by atoms with van der Waals surface area (Å²) < 4.78 is 0.809. The van der Waals surface area contributed by atoms with Crippen molar-refractivity contribution in [3.63, 3.8) is 0 Å². The Labute approximate surface area is 237 Å². The van der Waals surface area contributed by atoms with Gasteiger partial charge in [0.05, 0.1) is 18.4 Å². The summed E-state index contributed by atoms with van der Waals surface area (Å²) in [6.07, 6.45) is 0.950. The highest BCUT2D eigenvalue weighted by Gasteiger charge is 2.54. The van der Waals surface area contributed by atoms with Gasteiger partial charge in [-0.3, -0.25) is 9.59 Å². The van der Waals surface area contributed by atoms with Crippen LogP contribution in [0.4, 0.5) is 16.2 Å². The van der Waals surface area contributed by atoms with E-state index in [1.54, 1.807) is 9.80 Å². The predicted octanol–water partition coefficient (Wildman–Crippen LogP) is 5.00. The molecule has 0 aliphatic carbocycles. The lowest BCUT2D eigenvalue weighted by Gasteiger charge is -2.43. The predicted molar refractivity (Wildman–Crippen MR) is 155 cm³/mol. The molecule has 0 radical (unpaired) electrons. The van der Waals surface area contributed by atoms with Gasteiger partial charge in [0.2, 0.25) is 5.91 Å². The fraction of sp³-hybridized carbons (Fsp3) is 0.300. The van der Waals surface area contributed by atoms with Crippen molar-refractivity contribution in [2.75, 3.05) is 36.5 Å². The maximum absolute atomic E-state index is 13.9. The molecule has 2 fully saturated rings. The first-order valence-corrected chi connectivity index (χ1v) is 13.9. The molecule has 0 bridgehead atoms. The Balaban J connectivity index is 1.29. The summed E-state index contributed by atoms with van der Waals surface area (Å²) in [6.45, 7) is 3.09. The van der Waals surface area contributed by atoms with E-state index in [2.05, 4.69) is 31.5 Å². The number of nitrogens with zero attached hydrogens (tertiary/aromatic N) is 3. The summed E-state index contributed by atoms with van der Waals surface area (Å²) in [4.78, 5) is 45.5. The Morgan fingerprint density at radius 2 is 1.54 bits per heavy atom. The van der Waals surface area contributed by atoms with Crippen LogP contribution in [-0.4, -0.2) is 59.5 Å². The molecule has 5 rings (SSSR count). The van der Waals surface area contributed by atoms with E-state index in [-0.39, 0.29) is 30.4 Å². The molecule has 202 valence electrons. The van der Waals surface area contributed by atoms with Crippen molar-refractivity contribution in [2.45, 2.75) is 31.3 Å². The second-order valence-corrected chi connectivity index (χ2v) is 10.9. The van der Waals surface area contributed by atoms with E-state index in [0.29, 0.717) is 38.3 Å². The van der Waals surface area contributed by atoms with Gasteiger partial charge in [-0.25, -0.2) is 4.79 Å². The van der Waals surface area contributed by atoms with Crippen LogP contribution in [0.15, 0.2) is 89.4 Å². The van der Waals surface area contributed by atoms with Gasteiger partial charge in [0.1, 0.15) is 12.1 Å². The van der Waals surface area contributed by atoms with Crippen LogP contribution in [0, 0.1) is 0 Å². The lowest BCUT2D eigenvalue weighted by atomic mass is 9.85. The average molecular weight is 591 g/mol. The van der Waals surface area contributed by atoms with Crippen molar-refractivity contribution in [3.8, 4) is 0 Å². The first kappa shape index (κ1) is 26.7. The number of carbonyl (C=O) groups excluding carboxylic acids is 3. The van der Waals surface area contributed by atoms with E-state index in [1.165, 1.54) is 0 Å². The molecule has 3 aromatic carbocycles. The molecule has 2 N–H and O–H groups in total. The summed E-state index contributed by atoms with van der Waals surface area (Å²) >= 11 is 3.47. The number of carbonyl (C=O) groups is 3. The Hall–Kier alpha value is -3.85. The molecule has 0 aromatic heterocycles. The van der Waals surface area contributed by atoms with E-state index in [0.717, 1.165) is 15.7 Å². The van der Waals surface area contributed by atoms with E-state index in [4.69, 9.17) is 0 Å². The summed E-state index contributed by atoms with van der Waals surface area (Å²) in [5.41, 5.74) is 1.83. The Morgan fingerprint density at radius 1 is 0.923 bits per heavy atom. The third-order valence-electron chi connectivity index (χ3n) is 7.59. The van der Waals surface area contributed by atoms with Gasteiger partial charge in [0.25, 0.3) is 5.91 Å². The van der Waals surface area contributed by atoms with Crippen molar-refractivity contribution in [1.82, 2.24) is 15.1 Å². The van der Waals surface area contributed by atoms with Crippen LogP contribution in [-0.2, 0) is 9.59 Å². The number of nitrogens with one attached hydrogen (secondary N) is 2. The Morgan fingerprint density at radius 3 is 2.21 bits per heavy atom. The van der Waals surface area contributed by atoms with Crippen molar-refractivity contribution >= 4 is 45.2 Å². The molecule has 0 saturated carbocycles. The summed E-state index contributed by atoms with van der Waals surface area (Å²) in [5.74, 6) is -0.269. The van der Waals surface area contributed by atoms with Gasteiger partial charge < -0.3 is 25.3 Å². The molecular formula is C30H32BrN5O3. The molecule has 1 unspecified atom stereocenters. The minimum Gasteiger partial charge on any atom is -0.348 e. The van der Waals surface area contributed by atoms with Crippen molar-refractivity contribution < 1.29 is 14.4 Å². The number of piperidine rings is 1. The number of rotatable bonds is 6. The van der Waals surface area contributed by atoms with Crippen molar-refractivity contribution in [3.05, 3.63) is 95.0 Å². The maximum atomic E-state index is 13.9. The number of amides is 4. The minimum atomic E-state index is -0.809. The van der Waals surface area contributed by atoms with Crippen LogP contribution in [0.1, 0.15) is 31.4 Å². The number of hydrogen-bond acceptors (Lipinski definition) is 4. The lowest BCUT2D eigenvalue weighted by molar-refractivity contribution is -0.137. The SMILES string of the molecule is CC(NC(=O)CN1CN(c2ccccc2)C2(CCN(C(=O)Nc3ccccc3Br)CC2)C1=O)c1ccccc1.